The van der Waals surface area contributed by atoms with Crippen LogP contribution < -0.4 is 10.8 Å². The lowest BCUT2D eigenvalue weighted by Gasteiger charge is -2.02. The maximum atomic E-state index is 11.6. The molecule has 17 heavy (non-hydrogen) atoms. The summed E-state index contributed by atoms with van der Waals surface area (Å²) in [5.74, 6) is -0.282. The molecule has 0 fully saturated rings. The summed E-state index contributed by atoms with van der Waals surface area (Å²) in [6.07, 6.45) is 9.65. The van der Waals surface area contributed by atoms with Gasteiger partial charge in [-0.05, 0) is 25.2 Å². The van der Waals surface area contributed by atoms with Crippen molar-refractivity contribution in [3.63, 3.8) is 0 Å². The van der Waals surface area contributed by atoms with Gasteiger partial charge in [0.15, 0.2) is 0 Å². The fraction of sp³-hybridized carbons (Fsp3) is 0.231. The van der Waals surface area contributed by atoms with Crippen LogP contribution in [-0.2, 0) is 16.1 Å². The molecule has 4 heteroatoms. The SMILES string of the molecule is CCOC(=O)C1=Cc2nc3n(c2=C1)CC=CC=3. The Morgan fingerprint density at radius 3 is 3.24 bits per heavy atom. The fourth-order valence-corrected chi connectivity index (χ4v) is 2.07. The van der Waals surface area contributed by atoms with E-state index in [1.807, 2.05) is 18.2 Å². The average molecular weight is 228 g/mol. The first kappa shape index (κ1) is 10.1. The number of carbonyl (C=O) groups is 1. The van der Waals surface area contributed by atoms with Gasteiger partial charge >= 0.3 is 5.97 Å². The molecule has 0 atom stereocenters. The Morgan fingerprint density at radius 1 is 1.53 bits per heavy atom. The van der Waals surface area contributed by atoms with Crippen LogP contribution in [0.2, 0.25) is 0 Å². The molecule has 1 aliphatic heterocycles. The third-order valence-electron chi connectivity index (χ3n) is 2.83. The number of ether oxygens (including phenoxy) is 1. The van der Waals surface area contributed by atoms with Gasteiger partial charge in [-0.1, -0.05) is 12.2 Å². The molecule has 1 aromatic rings. The molecule has 1 aliphatic carbocycles. The van der Waals surface area contributed by atoms with Crippen LogP contribution in [0.5, 0.6) is 0 Å². The standard InChI is InChI=1S/C13H12N2O2/c1-2-17-13(16)9-7-10-11(8-9)15-6-4-3-5-12(15)14-10/h3-5,7-8H,2,6H2,1H3. The number of hydrogen-bond donors (Lipinski definition) is 0. The predicted molar refractivity (Wildman–Crippen MR) is 64.2 cm³/mol. The summed E-state index contributed by atoms with van der Waals surface area (Å²) in [4.78, 5) is 16.1. The molecule has 0 spiro atoms. The van der Waals surface area contributed by atoms with Crippen molar-refractivity contribution >= 4 is 24.2 Å². The van der Waals surface area contributed by atoms with E-state index in [4.69, 9.17) is 4.74 Å². The lowest BCUT2D eigenvalue weighted by molar-refractivity contribution is -0.137. The van der Waals surface area contributed by atoms with Crippen molar-refractivity contribution in [3.8, 4) is 0 Å². The van der Waals surface area contributed by atoms with Crippen LogP contribution in [-0.4, -0.2) is 22.1 Å². The highest BCUT2D eigenvalue weighted by molar-refractivity contribution is 6.04. The minimum Gasteiger partial charge on any atom is -0.462 e. The second-order valence-corrected chi connectivity index (χ2v) is 3.91. The van der Waals surface area contributed by atoms with Crippen molar-refractivity contribution in [2.45, 2.75) is 13.5 Å². The number of carbonyl (C=O) groups excluding carboxylic acids is 1. The van der Waals surface area contributed by atoms with E-state index < -0.39 is 0 Å². The Hall–Kier alpha value is -2.10. The molecule has 2 aliphatic rings. The van der Waals surface area contributed by atoms with Crippen molar-refractivity contribution in [2.24, 2.45) is 0 Å². The third-order valence-corrected chi connectivity index (χ3v) is 2.83. The first-order valence-corrected chi connectivity index (χ1v) is 5.63. The van der Waals surface area contributed by atoms with E-state index in [1.54, 1.807) is 13.0 Å². The maximum absolute atomic E-state index is 11.6. The molecule has 0 aromatic carbocycles. The van der Waals surface area contributed by atoms with Gasteiger partial charge in [0.05, 0.1) is 23.2 Å². The molecular formula is C13H12N2O2. The van der Waals surface area contributed by atoms with Crippen LogP contribution in [0, 0.1) is 0 Å². The summed E-state index contributed by atoms with van der Waals surface area (Å²) in [5, 5.41) is 0.989. The molecule has 0 amide bonds. The molecule has 0 saturated heterocycles. The fourth-order valence-electron chi connectivity index (χ4n) is 2.07. The van der Waals surface area contributed by atoms with Gasteiger partial charge in [0.1, 0.15) is 5.48 Å². The number of fused-ring (bicyclic) bond motifs is 3. The highest BCUT2D eigenvalue weighted by atomic mass is 16.5. The molecule has 0 saturated carbocycles. The largest absolute Gasteiger partial charge is 0.462 e. The molecule has 2 heterocycles. The molecule has 3 rings (SSSR count). The zero-order valence-corrected chi connectivity index (χ0v) is 9.51. The Labute approximate surface area is 98.2 Å². The van der Waals surface area contributed by atoms with Gasteiger partial charge in [0, 0.05) is 6.54 Å². The lowest BCUT2D eigenvalue weighted by atomic mass is 10.3. The van der Waals surface area contributed by atoms with E-state index in [0.29, 0.717) is 12.2 Å². The smallest absolute Gasteiger partial charge is 0.338 e. The van der Waals surface area contributed by atoms with Crippen LogP contribution in [0.3, 0.4) is 0 Å². The summed E-state index contributed by atoms with van der Waals surface area (Å²) in [5.41, 5.74) is 2.37. The molecule has 86 valence electrons. The number of rotatable bonds is 2. The molecule has 0 radical (unpaired) electrons. The van der Waals surface area contributed by atoms with Crippen LogP contribution in [0.25, 0.3) is 18.2 Å². The Kier molecular flexibility index (Phi) is 2.21. The third kappa shape index (κ3) is 1.53. The van der Waals surface area contributed by atoms with Gasteiger partial charge in [-0.15, -0.1) is 0 Å². The van der Waals surface area contributed by atoms with Crippen LogP contribution in [0.1, 0.15) is 12.6 Å². The molecule has 0 unspecified atom stereocenters. The summed E-state index contributed by atoms with van der Waals surface area (Å²) >= 11 is 0. The van der Waals surface area contributed by atoms with Crippen LogP contribution >= 0.6 is 0 Å². The van der Waals surface area contributed by atoms with Crippen molar-refractivity contribution in [2.75, 3.05) is 6.61 Å². The van der Waals surface area contributed by atoms with Crippen molar-refractivity contribution < 1.29 is 9.53 Å². The number of imidazole rings is 1. The van der Waals surface area contributed by atoms with E-state index in [-0.39, 0.29) is 5.97 Å². The quantitative estimate of drug-likeness (QED) is 0.668. The van der Waals surface area contributed by atoms with E-state index in [1.165, 1.54) is 0 Å². The summed E-state index contributed by atoms with van der Waals surface area (Å²) in [6.45, 7) is 2.99. The summed E-state index contributed by atoms with van der Waals surface area (Å²) in [7, 11) is 0. The minimum absolute atomic E-state index is 0.282. The van der Waals surface area contributed by atoms with E-state index >= 15 is 0 Å². The molecule has 4 nitrogen and oxygen atoms in total. The van der Waals surface area contributed by atoms with Crippen LogP contribution in [0.15, 0.2) is 17.7 Å². The highest BCUT2D eigenvalue weighted by Gasteiger charge is 2.17. The van der Waals surface area contributed by atoms with Crippen LogP contribution in [0.4, 0.5) is 0 Å². The van der Waals surface area contributed by atoms with Crippen molar-refractivity contribution in [3.05, 3.63) is 34.2 Å². The molecule has 1 aromatic heterocycles. The van der Waals surface area contributed by atoms with E-state index in [9.17, 15) is 4.79 Å². The number of esters is 1. The second kappa shape index (κ2) is 3.73. The number of nitrogens with zero attached hydrogens (tertiary/aromatic N) is 2. The lowest BCUT2D eigenvalue weighted by Crippen LogP contribution is -2.28. The minimum atomic E-state index is -0.282. The van der Waals surface area contributed by atoms with Gasteiger partial charge < -0.3 is 9.30 Å². The predicted octanol–water partition coefficient (Wildman–Crippen LogP) is -0.0260. The monoisotopic (exact) mass is 228 g/mol. The number of allylic oxidation sites excluding steroid dienone is 2. The Morgan fingerprint density at radius 2 is 2.41 bits per heavy atom. The van der Waals surface area contributed by atoms with Gasteiger partial charge in [0.2, 0.25) is 0 Å². The Balaban J connectivity index is 2.04. The van der Waals surface area contributed by atoms with Crippen molar-refractivity contribution in [1.82, 2.24) is 9.55 Å². The topological polar surface area (TPSA) is 44.1 Å². The second-order valence-electron chi connectivity index (χ2n) is 3.91. The first-order valence-electron chi connectivity index (χ1n) is 5.63. The van der Waals surface area contributed by atoms with Crippen molar-refractivity contribution in [1.29, 1.82) is 0 Å². The number of aromatic nitrogens is 2. The maximum Gasteiger partial charge on any atom is 0.338 e. The molecule has 0 N–H and O–H groups in total. The van der Waals surface area contributed by atoms with Gasteiger partial charge in [-0.2, -0.15) is 0 Å². The number of hydrogen-bond acceptors (Lipinski definition) is 3. The Bertz CT molecular complexity index is 662. The zero-order chi connectivity index (χ0) is 11.8. The summed E-state index contributed by atoms with van der Waals surface area (Å²) < 4.78 is 7.05. The van der Waals surface area contributed by atoms with Gasteiger partial charge in [0.25, 0.3) is 0 Å². The normalized spacial score (nSPS) is 15.5. The average Bonchev–Trinajstić information content (AvgIpc) is 2.86. The van der Waals surface area contributed by atoms with E-state index in [0.717, 1.165) is 23.1 Å². The van der Waals surface area contributed by atoms with Gasteiger partial charge in [-0.3, -0.25) is 0 Å². The molecular weight excluding hydrogens is 216 g/mol. The highest BCUT2D eigenvalue weighted by Crippen LogP contribution is 2.11. The molecule has 0 bridgehead atoms. The van der Waals surface area contributed by atoms with E-state index in [2.05, 4.69) is 15.6 Å². The zero-order valence-electron chi connectivity index (χ0n) is 9.51. The van der Waals surface area contributed by atoms with Gasteiger partial charge in [-0.25, -0.2) is 9.78 Å². The first-order chi connectivity index (χ1) is 8.29. The summed E-state index contributed by atoms with van der Waals surface area (Å²) in [6, 6.07) is 0.